The molecule has 0 unspecified atom stereocenters. The first kappa shape index (κ1) is 20.5. The van der Waals surface area contributed by atoms with Crippen LogP contribution in [0.3, 0.4) is 0 Å². The second kappa shape index (κ2) is 9.32. The van der Waals surface area contributed by atoms with Crippen molar-refractivity contribution in [3.8, 4) is 0 Å². The summed E-state index contributed by atoms with van der Waals surface area (Å²) < 4.78 is 5.45. The molecule has 5 nitrogen and oxygen atoms in total. The van der Waals surface area contributed by atoms with Crippen molar-refractivity contribution in [2.45, 2.75) is 45.8 Å². The molecule has 2 atom stereocenters. The molecule has 1 heterocycles. The summed E-state index contributed by atoms with van der Waals surface area (Å²) in [6.45, 7) is 5.37. The fraction of sp³-hybridized carbons (Fsp3) is 0.292. The zero-order chi connectivity index (χ0) is 20.8. The molecule has 3 rings (SSSR count). The van der Waals surface area contributed by atoms with Crippen molar-refractivity contribution >= 4 is 22.8 Å². The number of aromatic nitrogens is 1. The van der Waals surface area contributed by atoms with Crippen LogP contribution in [-0.2, 0) is 16.0 Å². The lowest BCUT2D eigenvalue weighted by molar-refractivity contribution is -0.129. The number of nitrogens with one attached hydrogen (secondary N) is 1. The Hall–Kier alpha value is -3.21. The fourth-order valence-corrected chi connectivity index (χ4v) is 3.21. The van der Waals surface area contributed by atoms with Gasteiger partial charge in [-0.25, -0.2) is 4.79 Å². The highest BCUT2D eigenvalue weighted by molar-refractivity contribution is 6.04. The van der Waals surface area contributed by atoms with Gasteiger partial charge < -0.3 is 10.1 Å². The van der Waals surface area contributed by atoms with Gasteiger partial charge in [0, 0.05) is 17.1 Å². The quantitative estimate of drug-likeness (QED) is 0.613. The van der Waals surface area contributed by atoms with E-state index in [0.29, 0.717) is 10.9 Å². The number of nitrogens with zero attached hydrogens (tertiary/aromatic N) is 1. The van der Waals surface area contributed by atoms with Crippen LogP contribution in [0.1, 0.15) is 41.9 Å². The summed E-state index contributed by atoms with van der Waals surface area (Å²) in [4.78, 5) is 29.6. The van der Waals surface area contributed by atoms with Crippen LogP contribution in [0.4, 0.5) is 0 Å². The van der Waals surface area contributed by atoms with Crippen molar-refractivity contribution in [3.05, 3.63) is 77.5 Å². The van der Waals surface area contributed by atoms with E-state index >= 15 is 0 Å². The summed E-state index contributed by atoms with van der Waals surface area (Å²) in [6, 6.07) is 19.2. The average molecular weight is 390 g/mol. The first-order chi connectivity index (χ1) is 13.9. The third-order valence-electron chi connectivity index (χ3n) is 4.81. The smallest absolute Gasteiger partial charge is 0.339 e. The van der Waals surface area contributed by atoms with Gasteiger partial charge in [-0.15, -0.1) is 0 Å². The van der Waals surface area contributed by atoms with Crippen LogP contribution in [0.5, 0.6) is 0 Å². The normalized spacial score (nSPS) is 12.9. The maximum atomic E-state index is 12.7. The van der Waals surface area contributed by atoms with E-state index in [1.807, 2.05) is 56.3 Å². The maximum absolute atomic E-state index is 12.7. The Kier molecular flexibility index (Phi) is 6.60. The molecule has 150 valence electrons. The minimum absolute atomic E-state index is 0.0205. The van der Waals surface area contributed by atoms with Crippen molar-refractivity contribution in [1.82, 2.24) is 10.3 Å². The van der Waals surface area contributed by atoms with Crippen molar-refractivity contribution in [3.63, 3.8) is 0 Å². The molecule has 29 heavy (non-hydrogen) atoms. The zero-order valence-corrected chi connectivity index (χ0v) is 17.0. The average Bonchev–Trinajstić information content (AvgIpc) is 2.72. The number of rotatable bonds is 7. The lowest BCUT2D eigenvalue weighted by Crippen LogP contribution is -2.41. The van der Waals surface area contributed by atoms with Crippen molar-refractivity contribution in [2.75, 3.05) is 0 Å². The standard InChI is InChI=1S/C24H26N2O3/c1-16(13-14-19-9-5-4-6-10-19)26-23(27)18(3)29-24(28)21-15-17(2)25-22-12-8-7-11-20(21)22/h4-12,15-16,18H,13-14H2,1-3H3,(H,26,27)/t16-,18-/m0/s1. The number of para-hydroxylation sites is 1. The number of amides is 1. The molecule has 0 saturated heterocycles. The third-order valence-corrected chi connectivity index (χ3v) is 4.81. The molecule has 0 aliphatic rings. The van der Waals surface area contributed by atoms with E-state index in [2.05, 4.69) is 22.4 Å². The van der Waals surface area contributed by atoms with Gasteiger partial charge in [0.25, 0.3) is 5.91 Å². The monoisotopic (exact) mass is 390 g/mol. The topological polar surface area (TPSA) is 68.3 Å². The Morgan fingerprint density at radius 3 is 2.48 bits per heavy atom. The largest absolute Gasteiger partial charge is 0.449 e. The molecular formula is C24H26N2O3. The maximum Gasteiger partial charge on any atom is 0.339 e. The van der Waals surface area contributed by atoms with Gasteiger partial charge in [-0.3, -0.25) is 9.78 Å². The van der Waals surface area contributed by atoms with Gasteiger partial charge in [-0.2, -0.15) is 0 Å². The third kappa shape index (κ3) is 5.41. The van der Waals surface area contributed by atoms with Crippen LogP contribution in [0.2, 0.25) is 0 Å². The molecule has 5 heteroatoms. The van der Waals surface area contributed by atoms with Gasteiger partial charge >= 0.3 is 5.97 Å². The van der Waals surface area contributed by atoms with E-state index < -0.39 is 12.1 Å². The first-order valence-corrected chi connectivity index (χ1v) is 9.85. The molecule has 2 aromatic carbocycles. The molecule has 0 bridgehead atoms. The summed E-state index contributed by atoms with van der Waals surface area (Å²) in [7, 11) is 0. The second-order valence-electron chi connectivity index (χ2n) is 7.31. The van der Waals surface area contributed by atoms with Crippen LogP contribution >= 0.6 is 0 Å². The van der Waals surface area contributed by atoms with E-state index in [4.69, 9.17) is 4.74 Å². The van der Waals surface area contributed by atoms with Gasteiger partial charge in [-0.1, -0.05) is 48.5 Å². The predicted molar refractivity (Wildman–Crippen MR) is 114 cm³/mol. The summed E-state index contributed by atoms with van der Waals surface area (Å²) in [6.07, 6.45) is 0.803. The van der Waals surface area contributed by atoms with E-state index in [9.17, 15) is 9.59 Å². The number of benzene rings is 2. The van der Waals surface area contributed by atoms with E-state index in [1.165, 1.54) is 5.56 Å². The molecule has 1 aromatic heterocycles. The highest BCUT2D eigenvalue weighted by Crippen LogP contribution is 2.19. The van der Waals surface area contributed by atoms with Gasteiger partial charge in [0.05, 0.1) is 11.1 Å². The van der Waals surface area contributed by atoms with E-state index in [1.54, 1.807) is 13.0 Å². The van der Waals surface area contributed by atoms with Crippen LogP contribution in [0, 0.1) is 6.92 Å². The summed E-state index contributed by atoms with van der Waals surface area (Å²) in [5.74, 6) is -0.819. The minimum Gasteiger partial charge on any atom is -0.449 e. The highest BCUT2D eigenvalue weighted by atomic mass is 16.5. The van der Waals surface area contributed by atoms with Gasteiger partial charge in [-0.05, 0) is 51.3 Å². The molecule has 0 aliphatic carbocycles. The molecule has 0 radical (unpaired) electrons. The molecule has 1 N–H and O–H groups in total. The molecule has 0 fully saturated rings. The van der Waals surface area contributed by atoms with Crippen LogP contribution < -0.4 is 5.32 Å². The molecule has 3 aromatic rings. The molecular weight excluding hydrogens is 364 g/mol. The number of aryl methyl sites for hydroxylation is 2. The molecule has 1 amide bonds. The predicted octanol–water partition coefficient (Wildman–Crippen LogP) is 4.23. The molecule has 0 spiro atoms. The number of carbonyl (C=O) groups is 2. The van der Waals surface area contributed by atoms with E-state index in [0.717, 1.165) is 24.1 Å². The van der Waals surface area contributed by atoms with E-state index in [-0.39, 0.29) is 11.9 Å². The Bertz CT molecular complexity index is 1000. The first-order valence-electron chi connectivity index (χ1n) is 9.85. The number of hydrogen-bond acceptors (Lipinski definition) is 4. The number of fused-ring (bicyclic) bond motifs is 1. The van der Waals surface area contributed by atoms with Gasteiger partial charge in [0.1, 0.15) is 0 Å². The van der Waals surface area contributed by atoms with Gasteiger partial charge in [0.15, 0.2) is 6.10 Å². The Labute approximate surface area is 171 Å². The van der Waals surface area contributed by atoms with Crippen LogP contribution in [0.15, 0.2) is 60.7 Å². The number of carbonyl (C=O) groups excluding carboxylic acids is 2. The van der Waals surface area contributed by atoms with Crippen LogP contribution in [-0.4, -0.2) is 29.0 Å². The summed E-state index contributed by atoms with van der Waals surface area (Å²) in [5.41, 5.74) is 3.10. The van der Waals surface area contributed by atoms with Gasteiger partial charge in [0.2, 0.25) is 0 Å². The van der Waals surface area contributed by atoms with Crippen LogP contribution in [0.25, 0.3) is 10.9 Å². The minimum atomic E-state index is -0.881. The number of esters is 1. The summed E-state index contributed by atoms with van der Waals surface area (Å²) in [5, 5.41) is 3.64. The number of pyridine rings is 1. The lowest BCUT2D eigenvalue weighted by atomic mass is 10.1. The second-order valence-corrected chi connectivity index (χ2v) is 7.31. The summed E-state index contributed by atoms with van der Waals surface area (Å²) >= 11 is 0. The SMILES string of the molecule is Cc1cc(C(=O)O[C@@H](C)C(=O)N[C@@H](C)CCc2ccccc2)c2ccccc2n1. The number of ether oxygens (including phenoxy) is 1. The van der Waals surface area contributed by atoms with Crippen molar-refractivity contribution in [1.29, 1.82) is 0 Å². The molecule has 0 aliphatic heterocycles. The van der Waals surface area contributed by atoms with Crippen molar-refractivity contribution in [2.24, 2.45) is 0 Å². The number of hydrogen-bond donors (Lipinski definition) is 1. The van der Waals surface area contributed by atoms with Crippen molar-refractivity contribution < 1.29 is 14.3 Å². The Morgan fingerprint density at radius 2 is 1.72 bits per heavy atom. The lowest BCUT2D eigenvalue weighted by Gasteiger charge is -2.18. The fourth-order valence-electron chi connectivity index (χ4n) is 3.21. The Morgan fingerprint density at radius 1 is 1.03 bits per heavy atom. The zero-order valence-electron chi connectivity index (χ0n) is 17.0. The Balaban J connectivity index is 1.59. The molecule has 0 saturated carbocycles. The highest BCUT2D eigenvalue weighted by Gasteiger charge is 2.22.